The fourth-order valence-electron chi connectivity index (χ4n) is 0.907. The maximum Gasteiger partial charge on any atom is 0.412 e. The lowest BCUT2D eigenvalue weighted by Gasteiger charge is -1.98. The minimum absolute atomic E-state index is 0.466. The van der Waals surface area contributed by atoms with Gasteiger partial charge in [-0.3, -0.25) is 4.68 Å². The van der Waals surface area contributed by atoms with E-state index in [1.807, 2.05) is 5.32 Å². The van der Waals surface area contributed by atoms with E-state index in [1.165, 1.54) is 20.3 Å². The van der Waals surface area contributed by atoms with Gasteiger partial charge in [0.2, 0.25) is 0 Å². The Bertz CT molecular complexity index is 378. The molecule has 0 atom stereocenters. The molecule has 3 N–H and O–H groups in total. The van der Waals surface area contributed by atoms with E-state index in [-0.39, 0.29) is 0 Å². The lowest BCUT2D eigenvalue weighted by Crippen LogP contribution is -2.21. The zero-order valence-electron chi connectivity index (χ0n) is 10.6. The number of amides is 2. The summed E-state index contributed by atoms with van der Waals surface area (Å²) in [5.41, 5.74) is 0. The second kappa shape index (κ2) is 8.85. The lowest BCUT2D eigenvalue weighted by molar-refractivity contribution is 0.197. The lowest BCUT2D eigenvalue weighted by atomic mass is 10.5. The molecule has 0 saturated carbocycles. The standard InChI is InChI=1S/C8H13N3O2.C2H5NO2/c1-3-4-11-6-7(5-10-11)13-8(12)9-2;1-3-2(4)5/h5-6H,3-4H2,1-2H3,(H,9,12);3H,1H3,(H,4,5). The summed E-state index contributed by atoms with van der Waals surface area (Å²) in [5, 5.41) is 15.9. The highest BCUT2D eigenvalue weighted by Crippen LogP contribution is 2.08. The minimum atomic E-state index is -0.995. The van der Waals surface area contributed by atoms with Gasteiger partial charge in [-0.05, 0) is 6.42 Å². The van der Waals surface area contributed by atoms with Crippen molar-refractivity contribution in [2.75, 3.05) is 14.1 Å². The largest absolute Gasteiger partial charge is 0.465 e. The van der Waals surface area contributed by atoms with Gasteiger partial charge in [-0.15, -0.1) is 0 Å². The summed E-state index contributed by atoms with van der Waals surface area (Å²) in [6.45, 7) is 2.89. The number of carboxylic acid groups (broad SMARTS) is 1. The van der Waals surface area contributed by atoms with Gasteiger partial charge in [0.1, 0.15) is 0 Å². The Labute approximate surface area is 105 Å². The van der Waals surface area contributed by atoms with Crippen LogP contribution in [0.2, 0.25) is 0 Å². The first-order valence-electron chi connectivity index (χ1n) is 5.36. The third-order valence-corrected chi connectivity index (χ3v) is 1.69. The summed E-state index contributed by atoms with van der Waals surface area (Å²) in [6, 6.07) is 0. The molecular weight excluding hydrogens is 240 g/mol. The Morgan fingerprint density at radius 3 is 2.50 bits per heavy atom. The molecule has 0 saturated heterocycles. The van der Waals surface area contributed by atoms with E-state index in [0.717, 1.165) is 13.0 Å². The molecule has 0 aromatic carbocycles. The number of nitrogens with zero attached hydrogens (tertiary/aromatic N) is 2. The molecule has 0 radical (unpaired) electrons. The maximum atomic E-state index is 10.8. The highest BCUT2D eigenvalue weighted by molar-refractivity contribution is 5.69. The van der Waals surface area contributed by atoms with Gasteiger partial charge in [-0.25, -0.2) is 9.59 Å². The van der Waals surface area contributed by atoms with Gasteiger partial charge in [0.25, 0.3) is 0 Å². The topological polar surface area (TPSA) is 105 Å². The predicted molar refractivity (Wildman–Crippen MR) is 64.7 cm³/mol. The monoisotopic (exact) mass is 258 g/mol. The number of carbonyl (C=O) groups is 2. The number of carbonyl (C=O) groups excluding carboxylic acids is 1. The van der Waals surface area contributed by atoms with E-state index in [4.69, 9.17) is 9.84 Å². The van der Waals surface area contributed by atoms with Crippen LogP contribution >= 0.6 is 0 Å². The second-order valence-corrected chi connectivity index (χ2v) is 3.13. The SMILES string of the molecule is CCCn1cc(OC(=O)NC)cn1.CNC(=O)O. The molecule has 2 amide bonds. The summed E-state index contributed by atoms with van der Waals surface area (Å²) < 4.78 is 6.59. The predicted octanol–water partition coefficient (Wildman–Crippen LogP) is 0.895. The van der Waals surface area contributed by atoms with Crippen molar-refractivity contribution in [3.63, 3.8) is 0 Å². The molecule has 0 aliphatic heterocycles. The molecule has 0 spiro atoms. The van der Waals surface area contributed by atoms with Gasteiger partial charge in [-0.2, -0.15) is 5.10 Å². The van der Waals surface area contributed by atoms with E-state index in [2.05, 4.69) is 17.3 Å². The van der Waals surface area contributed by atoms with Crippen molar-refractivity contribution < 1.29 is 19.4 Å². The zero-order chi connectivity index (χ0) is 14.0. The van der Waals surface area contributed by atoms with Crippen LogP contribution in [0, 0.1) is 0 Å². The first kappa shape index (κ1) is 15.8. The molecule has 0 aliphatic carbocycles. The molecule has 1 aromatic heterocycles. The highest BCUT2D eigenvalue weighted by atomic mass is 16.6. The normalized spacial score (nSPS) is 8.83. The van der Waals surface area contributed by atoms with E-state index in [9.17, 15) is 9.59 Å². The molecule has 102 valence electrons. The van der Waals surface area contributed by atoms with Crippen LogP contribution in [0.15, 0.2) is 12.4 Å². The van der Waals surface area contributed by atoms with Crippen LogP contribution < -0.4 is 15.4 Å². The smallest absolute Gasteiger partial charge is 0.412 e. The average molecular weight is 258 g/mol. The van der Waals surface area contributed by atoms with Crippen molar-refractivity contribution in [3.8, 4) is 5.75 Å². The molecule has 8 nitrogen and oxygen atoms in total. The number of aromatic nitrogens is 2. The highest BCUT2D eigenvalue weighted by Gasteiger charge is 2.03. The van der Waals surface area contributed by atoms with Crippen molar-refractivity contribution in [1.82, 2.24) is 20.4 Å². The second-order valence-electron chi connectivity index (χ2n) is 3.13. The van der Waals surface area contributed by atoms with Crippen LogP contribution in [0.5, 0.6) is 5.75 Å². The third-order valence-electron chi connectivity index (χ3n) is 1.69. The maximum absolute atomic E-state index is 10.8. The van der Waals surface area contributed by atoms with Crippen molar-refractivity contribution in [3.05, 3.63) is 12.4 Å². The van der Waals surface area contributed by atoms with Gasteiger partial charge in [0.15, 0.2) is 5.75 Å². The van der Waals surface area contributed by atoms with Crippen molar-refractivity contribution >= 4 is 12.2 Å². The number of hydrogen-bond donors (Lipinski definition) is 3. The van der Waals surface area contributed by atoms with Crippen molar-refractivity contribution in [2.24, 2.45) is 0 Å². The van der Waals surface area contributed by atoms with Crippen molar-refractivity contribution in [1.29, 1.82) is 0 Å². The van der Waals surface area contributed by atoms with Gasteiger partial charge in [0, 0.05) is 20.6 Å². The van der Waals surface area contributed by atoms with Gasteiger partial charge in [-0.1, -0.05) is 6.92 Å². The zero-order valence-corrected chi connectivity index (χ0v) is 10.6. The first-order chi connectivity index (χ1) is 8.53. The molecule has 18 heavy (non-hydrogen) atoms. The molecule has 1 aromatic rings. The van der Waals surface area contributed by atoms with Crippen LogP contribution in [-0.4, -0.2) is 41.2 Å². The molecule has 1 heterocycles. The van der Waals surface area contributed by atoms with Crippen LogP contribution in [-0.2, 0) is 6.54 Å². The summed E-state index contributed by atoms with van der Waals surface area (Å²) in [6.07, 6.45) is 2.74. The van der Waals surface area contributed by atoms with Crippen LogP contribution in [0.25, 0.3) is 0 Å². The Hall–Kier alpha value is -2.25. The third kappa shape index (κ3) is 7.09. The molecular formula is C10H18N4O4. The summed E-state index contributed by atoms with van der Waals surface area (Å²) in [5.74, 6) is 0.466. The Morgan fingerprint density at radius 1 is 1.44 bits per heavy atom. The fraction of sp³-hybridized carbons (Fsp3) is 0.500. The number of rotatable bonds is 3. The number of ether oxygens (including phenoxy) is 1. The van der Waals surface area contributed by atoms with E-state index >= 15 is 0 Å². The Balaban J connectivity index is 0.000000494. The summed E-state index contributed by atoms with van der Waals surface area (Å²) in [4.78, 5) is 20.0. The van der Waals surface area contributed by atoms with Gasteiger partial charge >= 0.3 is 12.2 Å². The van der Waals surface area contributed by atoms with E-state index in [0.29, 0.717) is 5.75 Å². The number of nitrogens with one attached hydrogen (secondary N) is 2. The Morgan fingerprint density at radius 2 is 2.06 bits per heavy atom. The fourth-order valence-corrected chi connectivity index (χ4v) is 0.907. The molecule has 0 fully saturated rings. The Kier molecular flexibility index (Phi) is 7.74. The van der Waals surface area contributed by atoms with Crippen LogP contribution in [0.3, 0.4) is 0 Å². The average Bonchev–Trinajstić information content (AvgIpc) is 2.77. The van der Waals surface area contributed by atoms with Crippen LogP contribution in [0.4, 0.5) is 9.59 Å². The van der Waals surface area contributed by atoms with Crippen molar-refractivity contribution in [2.45, 2.75) is 19.9 Å². The molecule has 1 rings (SSSR count). The first-order valence-corrected chi connectivity index (χ1v) is 5.36. The van der Waals surface area contributed by atoms with E-state index in [1.54, 1.807) is 10.9 Å². The number of hydrogen-bond acceptors (Lipinski definition) is 4. The summed E-state index contributed by atoms with van der Waals surface area (Å²) >= 11 is 0. The van der Waals surface area contributed by atoms with Gasteiger partial charge < -0.3 is 20.5 Å². The molecule has 0 bridgehead atoms. The molecule has 8 heteroatoms. The van der Waals surface area contributed by atoms with E-state index < -0.39 is 12.2 Å². The van der Waals surface area contributed by atoms with Crippen LogP contribution in [0.1, 0.15) is 13.3 Å². The summed E-state index contributed by atoms with van der Waals surface area (Å²) in [7, 11) is 2.86. The number of aryl methyl sites for hydroxylation is 1. The molecule has 0 aliphatic rings. The quantitative estimate of drug-likeness (QED) is 0.746. The minimum Gasteiger partial charge on any atom is -0.465 e. The molecule has 0 unspecified atom stereocenters. The van der Waals surface area contributed by atoms with Gasteiger partial charge in [0.05, 0.1) is 12.4 Å².